The molecule has 3 rings (SSSR count). The minimum atomic E-state index is -0.00852. The SMILES string of the molecule is Nc1ccncc1C(=O)N1CCO[C@@H]2CCCC[C@@H]21. The lowest BCUT2D eigenvalue weighted by Crippen LogP contribution is -2.54. The summed E-state index contributed by atoms with van der Waals surface area (Å²) >= 11 is 0. The van der Waals surface area contributed by atoms with Gasteiger partial charge in [-0.25, -0.2) is 0 Å². The van der Waals surface area contributed by atoms with Crippen LogP contribution in [0.3, 0.4) is 0 Å². The summed E-state index contributed by atoms with van der Waals surface area (Å²) in [6.07, 6.45) is 7.80. The number of ether oxygens (including phenoxy) is 1. The lowest BCUT2D eigenvalue weighted by Gasteiger charge is -2.43. The van der Waals surface area contributed by atoms with Crippen molar-refractivity contribution < 1.29 is 9.53 Å². The van der Waals surface area contributed by atoms with E-state index < -0.39 is 0 Å². The number of fused-ring (bicyclic) bond motifs is 1. The highest BCUT2D eigenvalue weighted by atomic mass is 16.5. The lowest BCUT2D eigenvalue weighted by molar-refractivity contribution is -0.0752. The number of carbonyl (C=O) groups excluding carboxylic acids is 1. The zero-order valence-electron chi connectivity index (χ0n) is 10.9. The van der Waals surface area contributed by atoms with E-state index in [1.165, 1.54) is 6.42 Å². The Balaban J connectivity index is 1.84. The third kappa shape index (κ3) is 2.30. The van der Waals surface area contributed by atoms with Crippen LogP contribution >= 0.6 is 0 Å². The van der Waals surface area contributed by atoms with E-state index in [0.717, 1.165) is 19.3 Å². The third-order valence-corrected chi connectivity index (χ3v) is 4.08. The fourth-order valence-corrected chi connectivity index (χ4v) is 3.09. The molecule has 1 saturated heterocycles. The van der Waals surface area contributed by atoms with Gasteiger partial charge in [-0.2, -0.15) is 0 Å². The van der Waals surface area contributed by atoms with Crippen molar-refractivity contribution in [2.45, 2.75) is 37.8 Å². The van der Waals surface area contributed by atoms with Crippen LogP contribution < -0.4 is 5.73 Å². The molecule has 0 bridgehead atoms. The van der Waals surface area contributed by atoms with Gasteiger partial charge in [-0.15, -0.1) is 0 Å². The van der Waals surface area contributed by atoms with Gasteiger partial charge in [0.1, 0.15) is 0 Å². The maximum Gasteiger partial charge on any atom is 0.257 e. The topological polar surface area (TPSA) is 68.5 Å². The summed E-state index contributed by atoms with van der Waals surface area (Å²) in [5.41, 5.74) is 6.88. The first-order valence-corrected chi connectivity index (χ1v) is 6.89. The minimum absolute atomic E-state index is 0.00852. The van der Waals surface area contributed by atoms with Crippen molar-refractivity contribution in [2.24, 2.45) is 0 Å². The molecule has 1 amide bonds. The third-order valence-electron chi connectivity index (χ3n) is 4.08. The minimum Gasteiger partial charge on any atom is -0.398 e. The quantitative estimate of drug-likeness (QED) is 0.830. The molecule has 0 unspecified atom stereocenters. The summed E-state index contributed by atoms with van der Waals surface area (Å²) in [6, 6.07) is 1.88. The van der Waals surface area contributed by atoms with Crippen molar-refractivity contribution >= 4 is 11.6 Å². The molecule has 19 heavy (non-hydrogen) atoms. The van der Waals surface area contributed by atoms with Crippen LogP contribution in [0.1, 0.15) is 36.0 Å². The number of rotatable bonds is 1. The van der Waals surface area contributed by atoms with Gasteiger partial charge in [0.2, 0.25) is 0 Å². The van der Waals surface area contributed by atoms with Crippen LogP contribution in [0.5, 0.6) is 0 Å². The number of nitrogens with two attached hydrogens (primary N) is 1. The molecule has 5 heteroatoms. The van der Waals surface area contributed by atoms with Gasteiger partial charge >= 0.3 is 0 Å². The van der Waals surface area contributed by atoms with E-state index in [2.05, 4.69) is 4.98 Å². The van der Waals surface area contributed by atoms with E-state index in [0.29, 0.717) is 24.4 Å². The van der Waals surface area contributed by atoms with Crippen molar-refractivity contribution in [1.29, 1.82) is 0 Å². The predicted molar refractivity (Wildman–Crippen MR) is 71.7 cm³/mol. The van der Waals surface area contributed by atoms with E-state index >= 15 is 0 Å². The van der Waals surface area contributed by atoms with E-state index in [-0.39, 0.29) is 18.1 Å². The van der Waals surface area contributed by atoms with E-state index in [1.807, 2.05) is 4.90 Å². The number of hydrogen-bond acceptors (Lipinski definition) is 4. The Morgan fingerprint density at radius 1 is 1.42 bits per heavy atom. The summed E-state index contributed by atoms with van der Waals surface area (Å²) in [6.45, 7) is 1.27. The van der Waals surface area contributed by atoms with Gasteiger partial charge < -0.3 is 15.4 Å². The number of pyridine rings is 1. The van der Waals surface area contributed by atoms with Crippen molar-refractivity contribution in [1.82, 2.24) is 9.88 Å². The van der Waals surface area contributed by atoms with Gasteiger partial charge in [-0.1, -0.05) is 12.8 Å². The Bertz CT molecular complexity index is 476. The second kappa shape index (κ2) is 5.17. The molecule has 2 N–H and O–H groups in total. The Kier molecular flexibility index (Phi) is 3.38. The highest BCUT2D eigenvalue weighted by Crippen LogP contribution is 2.29. The molecule has 1 aromatic rings. The monoisotopic (exact) mass is 261 g/mol. The predicted octanol–water partition coefficient (Wildman–Crippen LogP) is 1.45. The van der Waals surface area contributed by atoms with Crippen LogP contribution in [-0.4, -0.2) is 41.1 Å². The normalized spacial score (nSPS) is 26.8. The molecule has 1 aromatic heterocycles. The van der Waals surface area contributed by atoms with Crippen LogP contribution in [0.15, 0.2) is 18.5 Å². The first-order valence-electron chi connectivity index (χ1n) is 6.89. The number of nitrogen functional groups attached to an aromatic ring is 1. The molecule has 0 spiro atoms. The molecule has 1 aliphatic carbocycles. The van der Waals surface area contributed by atoms with Gasteiger partial charge in [0.05, 0.1) is 24.3 Å². The summed E-state index contributed by atoms with van der Waals surface area (Å²) in [4.78, 5) is 18.6. The maximum absolute atomic E-state index is 12.6. The van der Waals surface area contributed by atoms with Gasteiger partial charge in [0.25, 0.3) is 5.91 Å². The van der Waals surface area contributed by atoms with Gasteiger partial charge in [0.15, 0.2) is 0 Å². The standard InChI is InChI=1S/C14H19N3O2/c15-11-5-6-16-9-10(11)14(18)17-7-8-19-13-4-2-1-3-12(13)17/h5-6,9,12-13H,1-4,7-8H2,(H2,15,16)/t12-,13+/m0/s1. The molecule has 2 aliphatic rings. The maximum atomic E-state index is 12.6. The van der Waals surface area contributed by atoms with Crippen LogP contribution in [0.2, 0.25) is 0 Å². The fraction of sp³-hybridized carbons (Fsp3) is 0.571. The van der Waals surface area contributed by atoms with Crippen molar-refractivity contribution in [2.75, 3.05) is 18.9 Å². The highest BCUT2D eigenvalue weighted by Gasteiger charge is 2.37. The Morgan fingerprint density at radius 2 is 2.26 bits per heavy atom. The van der Waals surface area contributed by atoms with Gasteiger partial charge in [-0.3, -0.25) is 9.78 Å². The van der Waals surface area contributed by atoms with Crippen LogP contribution in [0, 0.1) is 0 Å². The average Bonchev–Trinajstić information content (AvgIpc) is 2.46. The molecule has 2 heterocycles. The van der Waals surface area contributed by atoms with E-state index in [4.69, 9.17) is 10.5 Å². The molecule has 1 saturated carbocycles. The molecular formula is C14H19N3O2. The zero-order chi connectivity index (χ0) is 13.2. The smallest absolute Gasteiger partial charge is 0.257 e. The number of amides is 1. The van der Waals surface area contributed by atoms with E-state index in [9.17, 15) is 4.79 Å². The van der Waals surface area contributed by atoms with Gasteiger partial charge in [-0.05, 0) is 18.9 Å². The summed E-state index contributed by atoms with van der Waals surface area (Å²) in [5.74, 6) is -0.00852. The Hall–Kier alpha value is -1.62. The number of anilines is 1. The molecule has 102 valence electrons. The molecule has 5 nitrogen and oxygen atoms in total. The van der Waals surface area contributed by atoms with E-state index in [1.54, 1.807) is 18.5 Å². The molecular weight excluding hydrogens is 242 g/mol. The molecule has 0 aromatic carbocycles. The molecule has 2 atom stereocenters. The first kappa shape index (κ1) is 12.4. The average molecular weight is 261 g/mol. The summed E-state index contributed by atoms with van der Waals surface area (Å²) in [7, 11) is 0. The fourth-order valence-electron chi connectivity index (χ4n) is 3.09. The second-order valence-electron chi connectivity index (χ2n) is 5.22. The number of hydrogen-bond donors (Lipinski definition) is 1. The molecule has 1 aliphatic heterocycles. The van der Waals surface area contributed by atoms with Crippen LogP contribution in [0.4, 0.5) is 5.69 Å². The summed E-state index contributed by atoms with van der Waals surface area (Å²) in [5, 5.41) is 0. The van der Waals surface area contributed by atoms with Crippen LogP contribution in [-0.2, 0) is 4.74 Å². The van der Waals surface area contributed by atoms with Crippen molar-refractivity contribution in [3.05, 3.63) is 24.0 Å². The number of morpholine rings is 1. The zero-order valence-corrected chi connectivity index (χ0v) is 10.9. The van der Waals surface area contributed by atoms with Crippen molar-refractivity contribution in [3.63, 3.8) is 0 Å². The Labute approximate surface area is 112 Å². The Morgan fingerprint density at radius 3 is 3.11 bits per heavy atom. The number of carbonyl (C=O) groups is 1. The lowest BCUT2D eigenvalue weighted by atomic mass is 9.89. The molecule has 2 fully saturated rings. The largest absolute Gasteiger partial charge is 0.398 e. The summed E-state index contributed by atoms with van der Waals surface area (Å²) < 4.78 is 5.79. The van der Waals surface area contributed by atoms with Gasteiger partial charge in [0, 0.05) is 24.6 Å². The molecule has 0 radical (unpaired) electrons. The van der Waals surface area contributed by atoms with Crippen molar-refractivity contribution in [3.8, 4) is 0 Å². The van der Waals surface area contributed by atoms with Crippen LogP contribution in [0.25, 0.3) is 0 Å². The number of aromatic nitrogens is 1. The first-order chi connectivity index (χ1) is 9.27. The second-order valence-corrected chi connectivity index (χ2v) is 5.22. The highest BCUT2D eigenvalue weighted by molar-refractivity contribution is 5.99. The number of nitrogens with zero attached hydrogens (tertiary/aromatic N) is 2.